The lowest BCUT2D eigenvalue weighted by molar-refractivity contribution is 0.0987. The summed E-state index contributed by atoms with van der Waals surface area (Å²) in [4.78, 5) is 18.5. The number of carbonyl (C=O) groups excluding carboxylic acids is 1. The Hall–Kier alpha value is -3.73. The molecule has 1 aromatic heterocycles. The summed E-state index contributed by atoms with van der Waals surface area (Å²) in [7, 11) is 0. The van der Waals surface area contributed by atoms with E-state index in [9.17, 15) is 4.79 Å². The van der Waals surface area contributed by atoms with Crippen LogP contribution >= 0.6 is 0 Å². The Balaban J connectivity index is 1.49. The number of para-hydroxylation sites is 2. The number of nitrogens with one attached hydrogen (secondary N) is 2. The van der Waals surface area contributed by atoms with Gasteiger partial charge in [0.25, 0.3) is 5.91 Å². The van der Waals surface area contributed by atoms with E-state index in [1.165, 1.54) is 0 Å². The number of hydrogen-bond donors (Lipinski definition) is 3. The number of amides is 1. The Bertz CT molecular complexity index is 1240. The zero-order valence-electron chi connectivity index (χ0n) is 16.9. The average Bonchev–Trinajstić information content (AvgIpc) is 3.15. The number of nitrogens with zero attached hydrogens (tertiary/aromatic N) is 1. The van der Waals surface area contributed by atoms with Crippen molar-refractivity contribution in [2.45, 2.75) is 19.4 Å². The molecule has 5 rings (SSSR count). The van der Waals surface area contributed by atoms with Crippen LogP contribution in [0.3, 0.4) is 0 Å². The Morgan fingerprint density at radius 3 is 2.80 bits per heavy atom. The Morgan fingerprint density at radius 2 is 1.93 bits per heavy atom. The van der Waals surface area contributed by atoms with Crippen molar-refractivity contribution in [3.8, 4) is 11.1 Å². The molecule has 1 aliphatic rings. The molecule has 4 N–H and O–H groups in total. The van der Waals surface area contributed by atoms with Crippen LogP contribution in [0.5, 0.6) is 0 Å². The summed E-state index contributed by atoms with van der Waals surface area (Å²) in [5, 5.41) is 4.63. The fourth-order valence-electron chi connectivity index (χ4n) is 4.16. The maximum Gasteiger partial charge on any atom is 0.258 e. The van der Waals surface area contributed by atoms with E-state index in [2.05, 4.69) is 23.3 Å². The summed E-state index contributed by atoms with van der Waals surface area (Å²) in [5.74, 6) is -0.0299. The monoisotopic (exact) mass is 396 g/mol. The maximum absolute atomic E-state index is 13.4. The molecule has 0 unspecified atom stereocenters. The van der Waals surface area contributed by atoms with Gasteiger partial charge in [-0.2, -0.15) is 0 Å². The average molecular weight is 396 g/mol. The lowest BCUT2D eigenvalue weighted by Crippen LogP contribution is -2.32. The third kappa shape index (κ3) is 3.18. The van der Waals surface area contributed by atoms with Gasteiger partial charge in [0.05, 0.1) is 11.4 Å². The van der Waals surface area contributed by atoms with Gasteiger partial charge < -0.3 is 20.9 Å². The molecule has 0 radical (unpaired) electrons. The topological polar surface area (TPSA) is 74.2 Å². The Morgan fingerprint density at radius 1 is 1.07 bits per heavy atom. The molecule has 4 aromatic rings. The van der Waals surface area contributed by atoms with Gasteiger partial charge in [-0.1, -0.05) is 24.3 Å². The van der Waals surface area contributed by atoms with E-state index in [1.807, 2.05) is 65.7 Å². The van der Waals surface area contributed by atoms with Crippen LogP contribution in [0, 0.1) is 0 Å². The molecule has 0 aliphatic carbocycles. The molecule has 3 aromatic carbocycles. The van der Waals surface area contributed by atoms with Crippen molar-refractivity contribution in [1.82, 2.24) is 4.98 Å². The second kappa shape index (κ2) is 7.26. The fourth-order valence-corrected chi connectivity index (χ4v) is 4.16. The van der Waals surface area contributed by atoms with Gasteiger partial charge in [-0.25, -0.2) is 0 Å². The molecule has 150 valence electrons. The number of nitrogen functional groups attached to an aromatic ring is 1. The zero-order valence-corrected chi connectivity index (χ0v) is 16.9. The minimum Gasteiger partial charge on any atom is -0.398 e. The highest BCUT2D eigenvalue weighted by Gasteiger charge is 2.24. The molecule has 1 aliphatic heterocycles. The SMILES string of the molecule is C[C@H]1CCN(C(=O)c2ccc(-c3ccc4[nH]ccc4c3)c(N)c2)c2ccccc2N1. The van der Waals surface area contributed by atoms with E-state index in [-0.39, 0.29) is 5.91 Å². The molecule has 0 saturated heterocycles. The summed E-state index contributed by atoms with van der Waals surface area (Å²) in [6.07, 6.45) is 2.80. The van der Waals surface area contributed by atoms with Crippen LogP contribution in [0.15, 0.2) is 72.9 Å². The summed E-state index contributed by atoms with van der Waals surface area (Å²) in [5.41, 5.74) is 12.6. The normalized spacial score (nSPS) is 16.0. The van der Waals surface area contributed by atoms with Crippen LogP contribution < -0.4 is 16.0 Å². The predicted octanol–water partition coefficient (Wildman–Crippen LogP) is 5.27. The molecule has 0 bridgehead atoms. The van der Waals surface area contributed by atoms with Crippen molar-refractivity contribution in [2.75, 3.05) is 22.5 Å². The van der Waals surface area contributed by atoms with Gasteiger partial charge in [0.2, 0.25) is 0 Å². The van der Waals surface area contributed by atoms with Crippen LogP contribution in [-0.2, 0) is 0 Å². The van der Waals surface area contributed by atoms with Crippen molar-refractivity contribution in [3.05, 3.63) is 78.5 Å². The first-order valence-electron chi connectivity index (χ1n) is 10.2. The largest absolute Gasteiger partial charge is 0.398 e. The van der Waals surface area contributed by atoms with E-state index >= 15 is 0 Å². The minimum absolute atomic E-state index is 0.0299. The Kier molecular flexibility index (Phi) is 4.43. The number of nitrogens with two attached hydrogens (primary N) is 1. The number of benzene rings is 3. The molecule has 5 nitrogen and oxygen atoms in total. The van der Waals surface area contributed by atoms with E-state index in [1.54, 1.807) is 6.07 Å². The predicted molar refractivity (Wildman–Crippen MR) is 124 cm³/mol. The van der Waals surface area contributed by atoms with Crippen LogP contribution in [-0.4, -0.2) is 23.5 Å². The van der Waals surface area contributed by atoms with Gasteiger partial charge >= 0.3 is 0 Å². The number of anilines is 3. The van der Waals surface area contributed by atoms with Crippen molar-refractivity contribution in [3.63, 3.8) is 0 Å². The number of H-pyrrole nitrogens is 1. The third-order valence-electron chi connectivity index (χ3n) is 5.79. The first kappa shape index (κ1) is 18.3. The fraction of sp³-hybridized carbons (Fsp3) is 0.160. The van der Waals surface area contributed by atoms with Crippen molar-refractivity contribution >= 4 is 33.9 Å². The minimum atomic E-state index is -0.0299. The van der Waals surface area contributed by atoms with E-state index in [0.717, 1.165) is 39.8 Å². The summed E-state index contributed by atoms with van der Waals surface area (Å²) >= 11 is 0. The van der Waals surface area contributed by atoms with Crippen LogP contribution in [0.4, 0.5) is 17.1 Å². The molecule has 1 amide bonds. The van der Waals surface area contributed by atoms with Gasteiger partial charge in [-0.3, -0.25) is 4.79 Å². The van der Waals surface area contributed by atoms with Gasteiger partial charge in [-0.05, 0) is 66.8 Å². The maximum atomic E-state index is 13.4. The highest BCUT2D eigenvalue weighted by molar-refractivity contribution is 6.09. The van der Waals surface area contributed by atoms with Crippen molar-refractivity contribution in [2.24, 2.45) is 0 Å². The molecule has 0 fully saturated rings. The second-order valence-electron chi connectivity index (χ2n) is 7.89. The first-order chi connectivity index (χ1) is 14.6. The first-order valence-corrected chi connectivity index (χ1v) is 10.2. The van der Waals surface area contributed by atoms with Crippen molar-refractivity contribution in [1.29, 1.82) is 0 Å². The van der Waals surface area contributed by atoms with Crippen molar-refractivity contribution < 1.29 is 4.79 Å². The Labute approximate surface area is 175 Å². The smallest absolute Gasteiger partial charge is 0.258 e. The molecule has 0 spiro atoms. The molecule has 0 saturated carbocycles. The number of aromatic amines is 1. The number of fused-ring (bicyclic) bond motifs is 2. The molecule has 5 heteroatoms. The summed E-state index contributed by atoms with van der Waals surface area (Å²) < 4.78 is 0. The number of rotatable bonds is 2. The number of carbonyl (C=O) groups is 1. The lowest BCUT2D eigenvalue weighted by atomic mass is 10.00. The standard InChI is InChI=1S/C25H24N4O/c1-16-11-13-29(24-5-3-2-4-23(24)28-16)25(30)19-6-8-20(21(26)15-19)17-7-9-22-18(14-17)10-12-27-22/h2-10,12,14-16,27-28H,11,13,26H2,1H3/t16-/m0/s1. The van der Waals surface area contributed by atoms with E-state index in [4.69, 9.17) is 5.73 Å². The molecular formula is C25H24N4O. The van der Waals surface area contributed by atoms with Crippen LogP contribution in [0.1, 0.15) is 23.7 Å². The molecule has 1 atom stereocenters. The molecule has 30 heavy (non-hydrogen) atoms. The summed E-state index contributed by atoms with van der Waals surface area (Å²) in [6.45, 7) is 2.80. The second-order valence-corrected chi connectivity index (χ2v) is 7.89. The quantitative estimate of drug-likeness (QED) is 0.404. The van der Waals surface area contributed by atoms with E-state index in [0.29, 0.717) is 23.8 Å². The van der Waals surface area contributed by atoms with E-state index < -0.39 is 0 Å². The highest BCUT2D eigenvalue weighted by atomic mass is 16.2. The highest BCUT2D eigenvalue weighted by Crippen LogP contribution is 2.33. The molecular weight excluding hydrogens is 372 g/mol. The van der Waals surface area contributed by atoms with Crippen LogP contribution in [0.25, 0.3) is 22.0 Å². The lowest BCUT2D eigenvalue weighted by Gasteiger charge is -2.23. The summed E-state index contributed by atoms with van der Waals surface area (Å²) in [6, 6.07) is 22.1. The molecule has 2 heterocycles. The van der Waals surface area contributed by atoms with Gasteiger partial charge in [0, 0.05) is 41.1 Å². The van der Waals surface area contributed by atoms with Crippen LogP contribution in [0.2, 0.25) is 0 Å². The number of aromatic nitrogens is 1. The van der Waals surface area contributed by atoms with Gasteiger partial charge in [0.15, 0.2) is 0 Å². The van der Waals surface area contributed by atoms with Gasteiger partial charge in [-0.15, -0.1) is 0 Å². The zero-order chi connectivity index (χ0) is 20.7. The third-order valence-corrected chi connectivity index (χ3v) is 5.79. The van der Waals surface area contributed by atoms with Gasteiger partial charge in [0.1, 0.15) is 0 Å². The number of hydrogen-bond acceptors (Lipinski definition) is 3.